The number of phenolic OH excluding ortho intramolecular Hbond substituents is 1. The minimum Gasteiger partial charge on any atom is -0.507 e. The van der Waals surface area contributed by atoms with Gasteiger partial charge < -0.3 is 25.4 Å². The van der Waals surface area contributed by atoms with Crippen LogP contribution in [0.3, 0.4) is 0 Å². The molecule has 8 heteroatoms. The highest BCUT2D eigenvalue weighted by atomic mass is 16.6. The molecule has 3 aromatic rings. The predicted octanol–water partition coefficient (Wildman–Crippen LogP) is 5.82. The molecule has 3 rings (SSSR count). The van der Waals surface area contributed by atoms with E-state index in [4.69, 9.17) is 4.74 Å². The van der Waals surface area contributed by atoms with Gasteiger partial charge in [-0.2, -0.15) is 0 Å². The Bertz CT molecular complexity index is 1360. The van der Waals surface area contributed by atoms with Crippen molar-refractivity contribution in [2.24, 2.45) is 0 Å². The molecule has 0 heterocycles. The quantitative estimate of drug-likeness (QED) is 0.299. The third-order valence-corrected chi connectivity index (χ3v) is 6.61. The SMILES string of the molecule is Cc1cccc(C(C(=O)NCc2ccccc2)N(C(=O)C(Cc2ccccc2)NC(=O)OC(C)(C)C)C(C)(C)C)c1O. The maximum Gasteiger partial charge on any atom is 0.408 e. The predicted molar refractivity (Wildman–Crippen MR) is 164 cm³/mol. The number of alkyl carbamates (subject to hydrolysis) is 1. The van der Waals surface area contributed by atoms with Gasteiger partial charge in [0.1, 0.15) is 23.4 Å². The Morgan fingerprint density at radius 2 is 1.40 bits per heavy atom. The molecule has 0 aromatic heterocycles. The van der Waals surface area contributed by atoms with Gasteiger partial charge in [-0.05, 0) is 65.2 Å². The number of hydrogen-bond acceptors (Lipinski definition) is 5. The van der Waals surface area contributed by atoms with E-state index in [9.17, 15) is 19.5 Å². The molecule has 0 radical (unpaired) electrons. The monoisotopic (exact) mass is 573 g/mol. The van der Waals surface area contributed by atoms with E-state index in [0.29, 0.717) is 11.1 Å². The Morgan fingerprint density at radius 3 is 1.95 bits per heavy atom. The highest BCUT2D eigenvalue weighted by Gasteiger charge is 2.43. The Morgan fingerprint density at radius 1 is 0.833 bits per heavy atom. The number of rotatable bonds is 9. The second-order valence-electron chi connectivity index (χ2n) is 12.4. The van der Waals surface area contributed by atoms with Crippen LogP contribution in [0.25, 0.3) is 0 Å². The Labute approximate surface area is 249 Å². The van der Waals surface area contributed by atoms with E-state index in [1.165, 1.54) is 4.90 Å². The molecule has 42 heavy (non-hydrogen) atoms. The Kier molecular flexibility index (Phi) is 10.4. The van der Waals surface area contributed by atoms with Crippen LogP contribution in [-0.2, 0) is 27.3 Å². The highest BCUT2D eigenvalue weighted by Crippen LogP contribution is 2.36. The number of ether oxygens (including phenoxy) is 1. The van der Waals surface area contributed by atoms with Crippen LogP contribution >= 0.6 is 0 Å². The molecule has 0 bridgehead atoms. The second-order valence-corrected chi connectivity index (χ2v) is 12.4. The summed E-state index contributed by atoms with van der Waals surface area (Å²) in [7, 11) is 0. The van der Waals surface area contributed by atoms with Gasteiger partial charge in [-0.15, -0.1) is 0 Å². The van der Waals surface area contributed by atoms with Gasteiger partial charge in [0.15, 0.2) is 0 Å². The fourth-order valence-corrected chi connectivity index (χ4v) is 4.69. The minimum absolute atomic E-state index is 0.0703. The number of hydrogen-bond donors (Lipinski definition) is 3. The molecule has 3 amide bonds. The van der Waals surface area contributed by atoms with Gasteiger partial charge in [-0.3, -0.25) is 9.59 Å². The largest absolute Gasteiger partial charge is 0.507 e. The van der Waals surface area contributed by atoms with E-state index >= 15 is 0 Å². The first-order valence-electron chi connectivity index (χ1n) is 14.1. The standard InChI is InChI=1S/C34H43N3O5/c1-23-15-14-20-26(29(23)38)28(30(39)35-22-25-18-12-9-13-19-25)37(33(2,3)4)31(40)27(21-24-16-10-8-11-17-24)36-32(41)42-34(5,6)7/h8-20,27-28,38H,21-22H2,1-7H3,(H,35,39)(H,36,41). The van der Waals surface area contributed by atoms with Gasteiger partial charge in [-0.1, -0.05) is 78.9 Å². The maximum atomic E-state index is 14.6. The number of nitrogens with one attached hydrogen (secondary N) is 2. The molecule has 0 saturated carbocycles. The molecule has 0 aliphatic rings. The third-order valence-electron chi connectivity index (χ3n) is 6.61. The minimum atomic E-state index is -1.19. The van der Waals surface area contributed by atoms with Crippen molar-refractivity contribution < 1.29 is 24.2 Å². The average Bonchev–Trinajstić information content (AvgIpc) is 2.91. The number of carbonyl (C=O) groups is 3. The van der Waals surface area contributed by atoms with Gasteiger partial charge >= 0.3 is 6.09 Å². The van der Waals surface area contributed by atoms with Crippen molar-refractivity contribution in [3.8, 4) is 5.75 Å². The highest BCUT2D eigenvalue weighted by molar-refractivity contribution is 5.93. The number of nitrogens with zero attached hydrogens (tertiary/aromatic N) is 1. The summed E-state index contributed by atoms with van der Waals surface area (Å²) in [6.07, 6.45) is -0.571. The molecule has 3 N–H and O–H groups in total. The summed E-state index contributed by atoms with van der Waals surface area (Å²) in [6, 6.07) is 21.7. The van der Waals surface area contributed by atoms with Crippen molar-refractivity contribution in [3.05, 3.63) is 101 Å². The maximum absolute atomic E-state index is 14.6. The smallest absolute Gasteiger partial charge is 0.408 e. The Hall–Kier alpha value is -4.33. The third kappa shape index (κ3) is 8.83. The fourth-order valence-electron chi connectivity index (χ4n) is 4.69. The van der Waals surface area contributed by atoms with Gasteiger partial charge in [0.05, 0.1) is 0 Å². The average molecular weight is 574 g/mol. The lowest BCUT2D eigenvalue weighted by atomic mass is 9.92. The first-order chi connectivity index (χ1) is 19.7. The Balaban J connectivity index is 2.09. The molecule has 0 spiro atoms. The van der Waals surface area contributed by atoms with Crippen molar-refractivity contribution in [1.82, 2.24) is 15.5 Å². The van der Waals surface area contributed by atoms with E-state index in [0.717, 1.165) is 11.1 Å². The van der Waals surface area contributed by atoms with Crippen molar-refractivity contribution in [3.63, 3.8) is 0 Å². The molecule has 224 valence electrons. The fraction of sp³-hybridized carbons (Fsp3) is 0.382. The summed E-state index contributed by atoms with van der Waals surface area (Å²) in [6.45, 7) is 12.7. The molecule has 0 fully saturated rings. The van der Waals surface area contributed by atoms with Crippen LogP contribution < -0.4 is 10.6 Å². The van der Waals surface area contributed by atoms with Gasteiger partial charge in [-0.25, -0.2) is 4.79 Å². The zero-order valence-electron chi connectivity index (χ0n) is 25.6. The van der Waals surface area contributed by atoms with Crippen LogP contribution in [-0.4, -0.2) is 45.1 Å². The summed E-state index contributed by atoms with van der Waals surface area (Å²) < 4.78 is 5.50. The van der Waals surface area contributed by atoms with E-state index < -0.39 is 41.1 Å². The molecule has 3 aromatic carbocycles. The zero-order valence-corrected chi connectivity index (χ0v) is 25.6. The number of amides is 3. The van der Waals surface area contributed by atoms with Crippen LogP contribution in [0.4, 0.5) is 4.79 Å². The van der Waals surface area contributed by atoms with Gasteiger partial charge in [0.2, 0.25) is 11.8 Å². The van der Waals surface area contributed by atoms with Gasteiger partial charge in [0.25, 0.3) is 0 Å². The van der Waals surface area contributed by atoms with Crippen LogP contribution in [0.1, 0.15) is 69.8 Å². The molecular formula is C34H43N3O5. The summed E-state index contributed by atoms with van der Waals surface area (Å²) in [4.78, 5) is 43.0. The van der Waals surface area contributed by atoms with E-state index in [1.807, 2.05) is 81.4 Å². The first-order valence-corrected chi connectivity index (χ1v) is 14.1. The molecule has 0 saturated heterocycles. The number of benzene rings is 3. The number of phenols is 1. The van der Waals surface area contributed by atoms with Crippen LogP contribution in [0.2, 0.25) is 0 Å². The lowest BCUT2D eigenvalue weighted by molar-refractivity contribution is -0.148. The number of para-hydroxylation sites is 1. The first kappa shape index (κ1) is 32.2. The van der Waals surface area contributed by atoms with Gasteiger partial charge in [0, 0.05) is 24.1 Å². The van der Waals surface area contributed by atoms with Crippen LogP contribution in [0, 0.1) is 6.92 Å². The molecule has 2 unspecified atom stereocenters. The lowest BCUT2D eigenvalue weighted by Gasteiger charge is -2.43. The van der Waals surface area contributed by atoms with Crippen molar-refractivity contribution in [1.29, 1.82) is 0 Å². The number of aromatic hydroxyl groups is 1. The molecule has 2 atom stereocenters. The number of aryl methyl sites for hydroxylation is 1. The van der Waals surface area contributed by atoms with E-state index in [2.05, 4.69) is 10.6 Å². The van der Waals surface area contributed by atoms with Crippen molar-refractivity contribution in [2.75, 3.05) is 0 Å². The molecule has 0 aliphatic carbocycles. The summed E-state index contributed by atoms with van der Waals surface area (Å²) in [5.74, 6) is -1.02. The molecular weight excluding hydrogens is 530 g/mol. The topological polar surface area (TPSA) is 108 Å². The van der Waals surface area contributed by atoms with Crippen molar-refractivity contribution in [2.45, 2.75) is 84.7 Å². The lowest BCUT2D eigenvalue weighted by Crippen LogP contribution is -2.59. The normalized spacial score (nSPS) is 13.0. The zero-order chi connectivity index (χ0) is 31.1. The van der Waals surface area contributed by atoms with E-state index in [1.54, 1.807) is 45.9 Å². The number of carbonyl (C=O) groups excluding carboxylic acids is 3. The molecule has 0 aliphatic heterocycles. The van der Waals surface area contributed by atoms with Crippen LogP contribution in [0.5, 0.6) is 5.75 Å². The van der Waals surface area contributed by atoms with E-state index in [-0.39, 0.29) is 18.7 Å². The molecule has 8 nitrogen and oxygen atoms in total. The second kappa shape index (κ2) is 13.6. The summed E-state index contributed by atoms with van der Waals surface area (Å²) >= 11 is 0. The summed E-state index contributed by atoms with van der Waals surface area (Å²) in [5.41, 5.74) is 0.903. The summed E-state index contributed by atoms with van der Waals surface area (Å²) in [5, 5.41) is 16.9. The van der Waals surface area contributed by atoms with Crippen molar-refractivity contribution >= 4 is 17.9 Å². The van der Waals surface area contributed by atoms with Crippen LogP contribution in [0.15, 0.2) is 78.9 Å².